The van der Waals surface area contributed by atoms with E-state index in [1.807, 2.05) is 26.0 Å². The van der Waals surface area contributed by atoms with Gasteiger partial charge in [-0.1, -0.05) is 40.9 Å². The van der Waals surface area contributed by atoms with Crippen molar-refractivity contribution >= 4 is 34.8 Å². The summed E-state index contributed by atoms with van der Waals surface area (Å²) in [6, 6.07) is 8.95. The van der Waals surface area contributed by atoms with Gasteiger partial charge in [-0.15, -0.1) is 0 Å². The second-order valence-electron chi connectivity index (χ2n) is 6.57. The summed E-state index contributed by atoms with van der Waals surface area (Å²) in [4.78, 5) is 0. The van der Waals surface area contributed by atoms with E-state index in [0.29, 0.717) is 33.1 Å². The molecule has 2 rings (SSSR count). The molecule has 2 aromatic carbocycles. The van der Waals surface area contributed by atoms with Crippen LogP contribution in [0, 0.1) is 0 Å². The lowest BCUT2D eigenvalue weighted by atomic mass is 10.2. The zero-order valence-electron chi connectivity index (χ0n) is 16.4. The number of hydrogen-bond acceptors (Lipinski definition) is 4. The molecular weight excluding hydrogens is 421 g/mol. The summed E-state index contributed by atoms with van der Waals surface area (Å²) in [5.41, 5.74) is 1.78. The summed E-state index contributed by atoms with van der Waals surface area (Å²) in [5, 5.41) is 5.12. The molecule has 0 amide bonds. The minimum atomic E-state index is 0.258. The van der Waals surface area contributed by atoms with Crippen molar-refractivity contribution < 1.29 is 14.2 Å². The number of halogens is 3. The largest absolute Gasteiger partial charge is 0.493 e. The summed E-state index contributed by atoms with van der Waals surface area (Å²) in [6.45, 7) is 6.57. The Labute approximate surface area is 182 Å². The topological polar surface area (TPSA) is 39.7 Å². The highest BCUT2D eigenvalue weighted by Gasteiger charge is 2.12. The van der Waals surface area contributed by atoms with Gasteiger partial charge in [-0.3, -0.25) is 0 Å². The summed E-state index contributed by atoms with van der Waals surface area (Å²) >= 11 is 18.6. The average Bonchev–Trinajstić information content (AvgIpc) is 2.64. The summed E-state index contributed by atoms with van der Waals surface area (Å²) in [5.74, 6) is 1.18. The van der Waals surface area contributed by atoms with Crippen molar-refractivity contribution in [1.82, 2.24) is 5.32 Å². The van der Waals surface area contributed by atoms with Crippen molar-refractivity contribution in [1.29, 1.82) is 0 Å². The van der Waals surface area contributed by atoms with Crippen molar-refractivity contribution in [2.24, 2.45) is 0 Å². The third-order valence-corrected chi connectivity index (χ3v) is 4.93. The van der Waals surface area contributed by atoms with Crippen LogP contribution in [-0.2, 0) is 17.9 Å². The molecule has 0 unspecified atom stereocenters. The van der Waals surface area contributed by atoms with Gasteiger partial charge in [0.2, 0.25) is 0 Å². The Hall–Kier alpha value is -1.17. The van der Waals surface area contributed by atoms with E-state index in [9.17, 15) is 0 Å². The highest BCUT2D eigenvalue weighted by atomic mass is 35.5. The lowest BCUT2D eigenvalue weighted by Crippen LogP contribution is -2.17. The molecule has 0 saturated heterocycles. The number of rotatable bonds is 11. The number of nitrogens with one attached hydrogen (secondary N) is 1. The molecule has 0 aliphatic heterocycles. The standard InChI is InChI=1S/C21H26Cl3NO3/c1-14(2)27-8-4-7-25-12-16-9-20(26-3)21(11-19(16)24)28-13-15-5-6-17(22)10-18(15)23/h5-6,9-11,14,25H,4,7-8,12-13H2,1-3H3. The van der Waals surface area contributed by atoms with E-state index >= 15 is 0 Å². The predicted molar refractivity (Wildman–Crippen MR) is 116 cm³/mol. The van der Waals surface area contributed by atoms with Gasteiger partial charge in [0.15, 0.2) is 11.5 Å². The minimum Gasteiger partial charge on any atom is -0.493 e. The monoisotopic (exact) mass is 445 g/mol. The Morgan fingerprint density at radius 3 is 2.39 bits per heavy atom. The first-order valence-corrected chi connectivity index (χ1v) is 10.3. The minimum absolute atomic E-state index is 0.258. The Morgan fingerprint density at radius 2 is 1.71 bits per heavy atom. The van der Waals surface area contributed by atoms with Gasteiger partial charge in [0, 0.05) is 39.8 Å². The van der Waals surface area contributed by atoms with E-state index in [2.05, 4.69) is 5.32 Å². The molecule has 4 nitrogen and oxygen atoms in total. The molecule has 0 aliphatic rings. The second-order valence-corrected chi connectivity index (χ2v) is 7.82. The van der Waals surface area contributed by atoms with Crippen molar-refractivity contribution in [3.8, 4) is 11.5 Å². The van der Waals surface area contributed by atoms with Gasteiger partial charge < -0.3 is 19.5 Å². The maximum atomic E-state index is 6.43. The maximum Gasteiger partial charge on any atom is 0.163 e. The van der Waals surface area contributed by atoms with E-state index in [4.69, 9.17) is 49.0 Å². The first kappa shape index (κ1) is 23.1. The zero-order chi connectivity index (χ0) is 20.5. The molecule has 0 aliphatic carbocycles. The van der Waals surface area contributed by atoms with Crippen LogP contribution in [0.2, 0.25) is 15.1 Å². The van der Waals surface area contributed by atoms with Gasteiger partial charge in [0.05, 0.1) is 13.2 Å². The highest BCUT2D eigenvalue weighted by molar-refractivity contribution is 6.35. The molecule has 0 heterocycles. The van der Waals surface area contributed by atoms with Gasteiger partial charge in [-0.2, -0.15) is 0 Å². The molecule has 1 N–H and O–H groups in total. The Kier molecular flexibility index (Phi) is 9.69. The van der Waals surface area contributed by atoms with Crippen LogP contribution >= 0.6 is 34.8 Å². The van der Waals surface area contributed by atoms with Crippen LogP contribution < -0.4 is 14.8 Å². The van der Waals surface area contributed by atoms with E-state index in [1.54, 1.807) is 25.3 Å². The van der Waals surface area contributed by atoms with Gasteiger partial charge >= 0.3 is 0 Å². The number of benzene rings is 2. The fourth-order valence-electron chi connectivity index (χ4n) is 2.52. The van der Waals surface area contributed by atoms with Gasteiger partial charge in [-0.05, 0) is 50.6 Å². The van der Waals surface area contributed by atoms with Crippen LogP contribution in [0.4, 0.5) is 0 Å². The predicted octanol–water partition coefficient (Wildman–Crippen LogP) is 6.14. The first-order valence-electron chi connectivity index (χ1n) is 9.16. The van der Waals surface area contributed by atoms with Crippen LogP contribution in [0.3, 0.4) is 0 Å². The van der Waals surface area contributed by atoms with Crippen molar-refractivity contribution in [2.45, 2.75) is 39.5 Å². The van der Waals surface area contributed by atoms with Gasteiger partial charge in [0.25, 0.3) is 0 Å². The third-order valence-electron chi connectivity index (χ3n) is 4.00. The summed E-state index contributed by atoms with van der Waals surface area (Å²) in [6.07, 6.45) is 1.20. The quantitative estimate of drug-likeness (QED) is 0.421. The van der Waals surface area contributed by atoms with Crippen LogP contribution in [0.5, 0.6) is 11.5 Å². The van der Waals surface area contributed by atoms with Gasteiger partial charge in [0.1, 0.15) is 6.61 Å². The van der Waals surface area contributed by atoms with Crippen LogP contribution in [0.25, 0.3) is 0 Å². The lowest BCUT2D eigenvalue weighted by Gasteiger charge is -2.15. The molecule has 0 fully saturated rings. The van der Waals surface area contributed by atoms with Crippen LogP contribution in [-0.4, -0.2) is 26.4 Å². The number of ether oxygens (including phenoxy) is 3. The first-order chi connectivity index (χ1) is 13.4. The lowest BCUT2D eigenvalue weighted by molar-refractivity contribution is 0.0770. The Bertz CT molecular complexity index is 769. The molecule has 0 bridgehead atoms. The highest BCUT2D eigenvalue weighted by Crippen LogP contribution is 2.34. The van der Waals surface area contributed by atoms with E-state index in [-0.39, 0.29) is 12.7 Å². The summed E-state index contributed by atoms with van der Waals surface area (Å²) in [7, 11) is 1.60. The smallest absolute Gasteiger partial charge is 0.163 e. The van der Waals surface area contributed by atoms with E-state index in [1.165, 1.54) is 0 Å². The van der Waals surface area contributed by atoms with Gasteiger partial charge in [-0.25, -0.2) is 0 Å². The average molecular weight is 447 g/mol. The van der Waals surface area contributed by atoms with Crippen LogP contribution in [0.1, 0.15) is 31.4 Å². The normalized spacial score (nSPS) is 11.1. The Morgan fingerprint density at radius 1 is 0.964 bits per heavy atom. The molecular formula is C21H26Cl3NO3. The molecule has 0 aromatic heterocycles. The zero-order valence-corrected chi connectivity index (χ0v) is 18.6. The van der Waals surface area contributed by atoms with Crippen molar-refractivity contribution in [3.63, 3.8) is 0 Å². The molecule has 7 heteroatoms. The van der Waals surface area contributed by atoms with Crippen molar-refractivity contribution in [3.05, 3.63) is 56.5 Å². The molecule has 2 aromatic rings. The number of hydrogen-bond donors (Lipinski definition) is 1. The molecule has 0 saturated carbocycles. The molecule has 0 radical (unpaired) electrons. The fraction of sp³-hybridized carbons (Fsp3) is 0.429. The fourth-order valence-corrected chi connectivity index (χ4v) is 3.20. The Balaban J connectivity index is 1.94. The van der Waals surface area contributed by atoms with Crippen molar-refractivity contribution in [2.75, 3.05) is 20.3 Å². The molecule has 0 atom stereocenters. The van der Waals surface area contributed by atoms with Crippen LogP contribution in [0.15, 0.2) is 30.3 Å². The second kappa shape index (κ2) is 11.7. The number of methoxy groups -OCH3 is 1. The summed E-state index contributed by atoms with van der Waals surface area (Å²) < 4.78 is 16.9. The molecule has 0 spiro atoms. The maximum absolute atomic E-state index is 6.43. The molecule has 28 heavy (non-hydrogen) atoms. The van der Waals surface area contributed by atoms with E-state index in [0.717, 1.165) is 30.7 Å². The SMILES string of the molecule is COc1cc(CNCCCOC(C)C)c(Cl)cc1OCc1ccc(Cl)cc1Cl. The third kappa shape index (κ3) is 7.34. The van der Waals surface area contributed by atoms with E-state index < -0.39 is 0 Å². The molecule has 154 valence electrons.